The molecule has 0 aromatic heterocycles. The van der Waals surface area contributed by atoms with Crippen molar-refractivity contribution >= 4 is 0 Å². The van der Waals surface area contributed by atoms with Crippen molar-refractivity contribution in [2.45, 2.75) is 83.5 Å². The van der Waals surface area contributed by atoms with Crippen molar-refractivity contribution in [2.75, 3.05) is 13.1 Å². The predicted octanol–water partition coefficient (Wildman–Crippen LogP) is 2.17. The summed E-state index contributed by atoms with van der Waals surface area (Å²) in [6.45, 7) is 3.32. The minimum Gasteiger partial charge on any atom is -0.387 e. The van der Waals surface area contributed by atoms with Crippen molar-refractivity contribution in [2.24, 2.45) is 0 Å². The molecule has 0 heterocycles. The maximum atomic E-state index is 9.13. The predicted molar refractivity (Wildman–Crippen MR) is 78.9 cm³/mol. The van der Waals surface area contributed by atoms with Gasteiger partial charge in [-0.1, -0.05) is 64.7 Å². The third-order valence-electron chi connectivity index (χ3n) is 3.40. The molecule has 0 aromatic rings. The lowest BCUT2D eigenvalue weighted by molar-refractivity contribution is -0.119. The van der Waals surface area contributed by atoms with E-state index < -0.39 is 12.4 Å². The summed E-state index contributed by atoms with van der Waals surface area (Å²) in [5.74, 6) is 0. The summed E-state index contributed by atoms with van der Waals surface area (Å²) in [4.78, 5) is 0. The summed E-state index contributed by atoms with van der Waals surface area (Å²) in [5, 5.41) is 29.5. The van der Waals surface area contributed by atoms with Crippen LogP contribution < -0.4 is 5.32 Å². The minimum atomic E-state index is -1.64. The summed E-state index contributed by atoms with van der Waals surface area (Å²) < 4.78 is 0. The van der Waals surface area contributed by atoms with E-state index in [-0.39, 0.29) is 6.54 Å². The Bertz CT molecular complexity index is 177. The van der Waals surface area contributed by atoms with Gasteiger partial charge in [-0.3, -0.25) is 0 Å². The standard InChI is InChI=1S/C15H33NO3/c1-2-3-4-5-6-7-8-9-10-11-12-16-13-14(17)15(18)19/h14-19H,2-13H2,1H3. The number of aliphatic hydroxyl groups is 3. The first-order valence-corrected chi connectivity index (χ1v) is 7.93. The highest BCUT2D eigenvalue weighted by molar-refractivity contribution is 4.60. The van der Waals surface area contributed by atoms with E-state index in [0.29, 0.717) is 0 Å². The van der Waals surface area contributed by atoms with Crippen molar-refractivity contribution in [1.29, 1.82) is 0 Å². The van der Waals surface area contributed by atoms with Crippen LogP contribution in [0.25, 0.3) is 0 Å². The Balaban J connectivity index is 3.03. The SMILES string of the molecule is CCCCCCCCCCCCNCC(O)C(O)O. The van der Waals surface area contributed by atoms with Crippen LogP contribution in [0, 0.1) is 0 Å². The van der Waals surface area contributed by atoms with Crippen molar-refractivity contribution in [1.82, 2.24) is 5.32 Å². The smallest absolute Gasteiger partial charge is 0.179 e. The Labute approximate surface area is 118 Å². The summed E-state index contributed by atoms with van der Waals surface area (Å²) in [6, 6.07) is 0. The van der Waals surface area contributed by atoms with Crippen molar-refractivity contribution in [3.05, 3.63) is 0 Å². The number of hydrogen-bond acceptors (Lipinski definition) is 4. The molecule has 4 N–H and O–H groups in total. The number of rotatable bonds is 14. The number of nitrogens with one attached hydrogen (secondary N) is 1. The number of unbranched alkanes of at least 4 members (excludes halogenated alkanes) is 9. The fourth-order valence-electron chi connectivity index (χ4n) is 2.09. The molecule has 0 aliphatic carbocycles. The summed E-state index contributed by atoms with van der Waals surface area (Å²) in [7, 11) is 0. The second kappa shape index (κ2) is 14.3. The van der Waals surface area contributed by atoms with E-state index in [1.54, 1.807) is 0 Å². The van der Waals surface area contributed by atoms with Gasteiger partial charge in [-0.2, -0.15) is 0 Å². The third-order valence-corrected chi connectivity index (χ3v) is 3.40. The maximum absolute atomic E-state index is 9.13. The van der Waals surface area contributed by atoms with E-state index in [2.05, 4.69) is 12.2 Å². The zero-order valence-electron chi connectivity index (χ0n) is 12.5. The molecule has 0 radical (unpaired) electrons. The summed E-state index contributed by atoms with van der Waals surface area (Å²) in [5.41, 5.74) is 0. The largest absolute Gasteiger partial charge is 0.387 e. The molecule has 0 rings (SSSR count). The lowest BCUT2D eigenvalue weighted by Gasteiger charge is -2.13. The topological polar surface area (TPSA) is 72.7 Å². The van der Waals surface area contributed by atoms with E-state index in [0.717, 1.165) is 13.0 Å². The molecule has 1 unspecified atom stereocenters. The lowest BCUT2D eigenvalue weighted by Crippen LogP contribution is -2.36. The first kappa shape index (κ1) is 18.8. The van der Waals surface area contributed by atoms with Gasteiger partial charge in [0.15, 0.2) is 6.29 Å². The van der Waals surface area contributed by atoms with Gasteiger partial charge < -0.3 is 20.6 Å². The average molecular weight is 275 g/mol. The lowest BCUT2D eigenvalue weighted by atomic mass is 10.1. The molecule has 0 aliphatic heterocycles. The van der Waals surface area contributed by atoms with Crippen LogP contribution in [-0.2, 0) is 0 Å². The Morgan fingerprint density at radius 2 is 1.21 bits per heavy atom. The van der Waals surface area contributed by atoms with E-state index in [1.165, 1.54) is 57.8 Å². The zero-order chi connectivity index (χ0) is 14.3. The van der Waals surface area contributed by atoms with Gasteiger partial charge in [0.1, 0.15) is 6.10 Å². The third kappa shape index (κ3) is 14.1. The monoisotopic (exact) mass is 275 g/mol. The normalized spacial score (nSPS) is 13.1. The van der Waals surface area contributed by atoms with E-state index in [1.807, 2.05) is 0 Å². The molecule has 4 nitrogen and oxygen atoms in total. The van der Waals surface area contributed by atoms with Gasteiger partial charge >= 0.3 is 0 Å². The quantitative estimate of drug-likeness (QED) is 0.290. The van der Waals surface area contributed by atoms with Crippen LogP contribution in [0.3, 0.4) is 0 Å². The molecule has 0 saturated heterocycles. The average Bonchev–Trinajstić information content (AvgIpc) is 2.39. The molecule has 0 amide bonds. The van der Waals surface area contributed by atoms with E-state index >= 15 is 0 Å². The molecular formula is C15H33NO3. The summed E-state index contributed by atoms with van der Waals surface area (Å²) in [6.07, 6.45) is 10.4. The van der Waals surface area contributed by atoms with Crippen molar-refractivity contribution in [3.63, 3.8) is 0 Å². The van der Waals surface area contributed by atoms with Gasteiger partial charge in [0.25, 0.3) is 0 Å². The molecule has 0 aromatic carbocycles. The molecule has 0 saturated carbocycles. The first-order chi connectivity index (χ1) is 9.18. The molecular weight excluding hydrogens is 242 g/mol. The Hall–Kier alpha value is -0.160. The van der Waals surface area contributed by atoms with Gasteiger partial charge in [-0.15, -0.1) is 0 Å². The maximum Gasteiger partial charge on any atom is 0.179 e. The molecule has 19 heavy (non-hydrogen) atoms. The van der Waals surface area contributed by atoms with E-state index in [9.17, 15) is 0 Å². The minimum absolute atomic E-state index is 0.245. The molecule has 0 aliphatic rings. The second-order valence-electron chi connectivity index (χ2n) is 5.37. The van der Waals surface area contributed by atoms with Crippen molar-refractivity contribution in [3.8, 4) is 0 Å². The molecule has 0 bridgehead atoms. The van der Waals surface area contributed by atoms with Gasteiger partial charge in [0, 0.05) is 6.54 Å². The summed E-state index contributed by atoms with van der Waals surface area (Å²) >= 11 is 0. The van der Waals surface area contributed by atoms with Crippen LogP contribution in [-0.4, -0.2) is 40.8 Å². The highest BCUT2D eigenvalue weighted by Crippen LogP contribution is 2.10. The van der Waals surface area contributed by atoms with Crippen LogP contribution in [0.5, 0.6) is 0 Å². The van der Waals surface area contributed by atoms with Crippen LogP contribution >= 0.6 is 0 Å². The molecule has 0 spiro atoms. The Morgan fingerprint density at radius 1 is 0.737 bits per heavy atom. The number of hydrogen-bond donors (Lipinski definition) is 4. The van der Waals surface area contributed by atoms with Crippen molar-refractivity contribution < 1.29 is 15.3 Å². The number of aliphatic hydroxyl groups excluding tert-OH is 2. The highest BCUT2D eigenvalue weighted by atomic mass is 16.5. The Kier molecular flexibility index (Phi) is 14.1. The van der Waals surface area contributed by atoms with Crippen LogP contribution in [0.4, 0.5) is 0 Å². The molecule has 4 heteroatoms. The zero-order valence-corrected chi connectivity index (χ0v) is 12.5. The molecule has 0 fully saturated rings. The molecule has 116 valence electrons. The van der Waals surface area contributed by atoms with E-state index in [4.69, 9.17) is 15.3 Å². The van der Waals surface area contributed by atoms with Gasteiger partial charge in [-0.05, 0) is 13.0 Å². The van der Waals surface area contributed by atoms with Crippen LogP contribution in [0.2, 0.25) is 0 Å². The van der Waals surface area contributed by atoms with Gasteiger partial charge in [-0.25, -0.2) is 0 Å². The van der Waals surface area contributed by atoms with Crippen LogP contribution in [0.15, 0.2) is 0 Å². The Morgan fingerprint density at radius 3 is 1.68 bits per heavy atom. The first-order valence-electron chi connectivity index (χ1n) is 7.93. The fraction of sp³-hybridized carbons (Fsp3) is 1.00. The highest BCUT2D eigenvalue weighted by Gasteiger charge is 2.10. The second-order valence-corrected chi connectivity index (χ2v) is 5.37. The van der Waals surface area contributed by atoms with Gasteiger partial charge in [0.05, 0.1) is 0 Å². The fourth-order valence-corrected chi connectivity index (χ4v) is 2.09. The van der Waals surface area contributed by atoms with Crippen LogP contribution in [0.1, 0.15) is 71.1 Å². The molecule has 1 atom stereocenters. The van der Waals surface area contributed by atoms with Gasteiger partial charge in [0.2, 0.25) is 0 Å².